The summed E-state index contributed by atoms with van der Waals surface area (Å²) in [5.74, 6) is 0.644. The van der Waals surface area contributed by atoms with Crippen LogP contribution in [0.2, 0.25) is 5.02 Å². The second kappa shape index (κ2) is 5.59. The Morgan fingerprint density at radius 2 is 2.00 bits per heavy atom. The van der Waals surface area contributed by atoms with Gasteiger partial charge in [-0.3, -0.25) is 0 Å². The number of sulfone groups is 1. The van der Waals surface area contributed by atoms with Crippen molar-refractivity contribution in [1.82, 2.24) is 0 Å². The molecule has 2 atom stereocenters. The third-order valence-electron chi connectivity index (χ3n) is 2.59. The Labute approximate surface area is 115 Å². The zero-order valence-corrected chi connectivity index (χ0v) is 12.9. The van der Waals surface area contributed by atoms with E-state index >= 15 is 0 Å². The van der Waals surface area contributed by atoms with Crippen molar-refractivity contribution in [3.8, 4) is 5.75 Å². The first-order valence-corrected chi connectivity index (χ1v) is 8.18. The van der Waals surface area contributed by atoms with Gasteiger partial charge in [0.2, 0.25) is 0 Å². The summed E-state index contributed by atoms with van der Waals surface area (Å²) in [6, 6.07) is 5.19. The highest BCUT2D eigenvalue weighted by Crippen LogP contribution is 2.36. The monoisotopic (exact) mass is 340 g/mol. The third kappa shape index (κ3) is 3.60. The van der Waals surface area contributed by atoms with E-state index in [4.69, 9.17) is 16.3 Å². The molecule has 0 bridgehead atoms. The summed E-state index contributed by atoms with van der Waals surface area (Å²) in [5, 5.41) is -0.0601. The summed E-state index contributed by atoms with van der Waals surface area (Å²) in [5.41, 5.74) is 0.741. The molecular formula is C11H14BrClO3S. The summed E-state index contributed by atoms with van der Waals surface area (Å²) < 4.78 is 28.0. The number of ether oxygens (including phenoxy) is 1. The maximum absolute atomic E-state index is 11.5. The highest BCUT2D eigenvalue weighted by molar-refractivity contribution is 9.09. The molecule has 1 aromatic carbocycles. The van der Waals surface area contributed by atoms with Crippen LogP contribution in [0.5, 0.6) is 5.75 Å². The molecule has 17 heavy (non-hydrogen) atoms. The number of methoxy groups -OCH3 is 1. The first kappa shape index (κ1) is 14.8. The van der Waals surface area contributed by atoms with Gasteiger partial charge in [0.1, 0.15) is 5.75 Å². The van der Waals surface area contributed by atoms with E-state index in [-0.39, 0.29) is 4.83 Å². The lowest BCUT2D eigenvalue weighted by Crippen LogP contribution is -2.21. The average Bonchev–Trinajstić information content (AvgIpc) is 2.25. The van der Waals surface area contributed by atoms with Crippen LogP contribution in [0, 0.1) is 0 Å². The van der Waals surface area contributed by atoms with E-state index in [9.17, 15) is 8.42 Å². The molecule has 96 valence electrons. The van der Waals surface area contributed by atoms with E-state index < -0.39 is 15.1 Å². The van der Waals surface area contributed by atoms with Crippen LogP contribution in [0.3, 0.4) is 0 Å². The smallest absolute Gasteiger partial charge is 0.151 e. The van der Waals surface area contributed by atoms with Gasteiger partial charge in [-0.05, 0) is 24.6 Å². The SMILES string of the molecule is COc1ccc(C(Br)C(C)S(C)(=O)=O)c(Cl)c1. The lowest BCUT2D eigenvalue weighted by molar-refractivity contribution is 0.414. The van der Waals surface area contributed by atoms with Gasteiger partial charge in [0.15, 0.2) is 9.84 Å². The molecule has 0 fully saturated rings. The zero-order chi connectivity index (χ0) is 13.2. The standard InChI is InChI=1S/C11H14BrClO3S/c1-7(17(3,14)15)11(12)9-5-4-8(16-2)6-10(9)13/h4-7,11H,1-3H3. The Morgan fingerprint density at radius 3 is 2.41 bits per heavy atom. The Kier molecular flexibility index (Phi) is 4.86. The predicted octanol–water partition coefficient (Wildman–Crippen LogP) is 3.22. The fourth-order valence-electron chi connectivity index (χ4n) is 1.33. The molecule has 0 radical (unpaired) electrons. The molecule has 0 amide bonds. The van der Waals surface area contributed by atoms with Crippen LogP contribution in [-0.2, 0) is 9.84 Å². The fourth-order valence-corrected chi connectivity index (χ4v) is 3.90. The number of hydrogen-bond donors (Lipinski definition) is 0. The molecule has 0 aliphatic heterocycles. The van der Waals surface area contributed by atoms with Crippen LogP contribution in [-0.4, -0.2) is 27.0 Å². The van der Waals surface area contributed by atoms with Crippen molar-refractivity contribution in [2.75, 3.05) is 13.4 Å². The quantitative estimate of drug-likeness (QED) is 0.790. The number of benzene rings is 1. The second-order valence-corrected chi connectivity index (χ2v) is 7.62. The molecule has 0 aromatic heterocycles. The third-order valence-corrected chi connectivity index (χ3v) is 6.18. The topological polar surface area (TPSA) is 43.4 Å². The Balaban J connectivity index is 3.09. The molecule has 0 spiro atoms. The molecule has 3 nitrogen and oxygen atoms in total. The summed E-state index contributed by atoms with van der Waals surface area (Å²) in [7, 11) is -1.57. The van der Waals surface area contributed by atoms with Gasteiger partial charge in [0.25, 0.3) is 0 Å². The highest BCUT2D eigenvalue weighted by Gasteiger charge is 2.26. The first-order chi connectivity index (χ1) is 7.77. The van der Waals surface area contributed by atoms with Gasteiger partial charge in [0, 0.05) is 11.3 Å². The van der Waals surface area contributed by atoms with Gasteiger partial charge in [-0.15, -0.1) is 0 Å². The van der Waals surface area contributed by atoms with E-state index in [1.165, 1.54) is 6.26 Å². The van der Waals surface area contributed by atoms with Crippen LogP contribution >= 0.6 is 27.5 Å². The largest absolute Gasteiger partial charge is 0.497 e. The number of halogens is 2. The van der Waals surface area contributed by atoms with Crippen LogP contribution in [0.4, 0.5) is 0 Å². The van der Waals surface area contributed by atoms with Crippen molar-refractivity contribution in [1.29, 1.82) is 0 Å². The normalized spacial score (nSPS) is 15.4. The van der Waals surface area contributed by atoms with Gasteiger partial charge < -0.3 is 4.74 Å². The minimum atomic E-state index is -3.12. The summed E-state index contributed by atoms with van der Waals surface area (Å²) in [6.45, 7) is 1.65. The van der Waals surface area contributed by atoms with Crippen molar-refractivity contribution < 1.29 is 13.2 Å². The maximum atomic E-state index is 11.5. The molecule has 0 N–H and O–H groups in total. The van der Waals surface area contributed by atoms with E-state index in [1.807, 2.05) is 0 Å². The first-order valence-electron chi connectivity index (χ1n) is 4.93. The zero-order valence-electron chi connectivity index (χ0n) is 9.78. The molecule has 1 aromatic rings. The molecule has 2 unspecified atom stereocenters. The van der Waals surface area contributed by atoms with Gasteiger partial charge in [-0.2, -0.15) is 0 Å². The lowest BCUT2D eigenvalue weighted by Gasteiger charge is -2.18. The predicted molar refractivity (Wildman–Crippen MR) is 74.0 cm³/mol. The van der Waals surface area contributed by atoms with Crippen LogP contribution in [0.1, 0.15) is 17.3 Å². The van der Waals surface area contributed by atoms with E-state index in [1.54, 1.807) is 32.2 Å². The molecule has 0 aliphatic carbocycles. The fraction of sp³-hybridized carbons (Fsp3) is 0.455. The van der Waals surface area contributed by atoms with E-state index in [0.29, 0.717) is 10.8 Å². The number of hydrogen-bond acceptors (Lipinski definition) is 3. The molecule has 0 aliphatic rings. The van der Waals surface area contributed by atoms with Crippen molar-refractivity contribution in [3.63, 3.8) is 0 Å². The Morgan fingerprint density at radius 1 is 1.41 bits per heavy atom. The van der Waals surface area contributed by atoms with Gasteiger partial charge >= 0.3 is 0 Å². The van der Waals surface area contributed by atoms with Crippen molar-refractivity contribution in [3.05, 3.63) is 28.8 Å². The molecular weight excluding hydrogens is 328 g/mol. The molecule has 0 saturated heterocycles. The number of alkyl halides is 1. The van der Waals surface area contributed by atoms with E-state index in [0.717, 1.165) is 5.56 Å². The minimum Gasteiger partial charge on any atom is -0.497 e. The Hall–Kier alpha value is -0.260. The maximum Gasteiger partial charge on any atom is 0.151 e. The van der Waals surface area contributed by atoms with Crippen LogP contribution < -0.4 is 4.74 Å². The van der Waals surface area contributed by atoms with Crippen LogP contribution in [0.25, 0.3) is 0 Å². The van der Waals surface area contributed by atoms with Crippen molar-refractivity contribution in [2.24, 2.45) is 0 Å². The second-order valence-electron chi connectivity index (χ2n) is 3.82. The lowest BCUT2D eigenvalue weighted by atomic mass is 10.1. The van der Waals surface area contributed by atoms with Crippen LogP contribution in [0.15, 0.2) is 18.2 Å². The Bertz CT molecular complexity index is 501. The summed E-state index contributed by atoms with van der Waals surface area (Å²) in [4.78, 5) is -0.337. The minimum absolute atomic E-state index is 0.337. The molecule has 6 heteroatoms. The van der Waals surface area contributed by atoms with Gasteiger partial charge in [-0.1, -0.05) is 33.6 Å². The summed E-state index contributed by atoms with van der Waals surface area (Å²) in [6.07, 6.45) is 1.21. The molecule has 0 saturated carbocycles. The molecule has 0 heterocycles. The number of rotatable bonds is 4. The average molecular weight is 342 g/mol. The van der Waals surface area contributed by atoms with Crippen molar-refractivity contribution >= 4 is 37.4 Å². The van der Waals surface area contributed by atoms with Gasteiger partial charge in [-0.25, -0.2) is 8.42 Å². The highest BCUT2D eigenvalue weighted by atomic mass is 79.9. The molecule has 1 rings (SSSR count). The van der Waals surface area contributed by atoms with E-state index in [2.05, 4.69) is 15.9 Å². The summed E-state index contributed by atoms with van der Waals surface area (Å²) >= 11 is 9.47. The van der Waals surface area contributed by atoms with Crippen molar-refractivity contribution in [2.45, 2.75) is 17.0 Å². The van der Waals surface area contributed by atoms with Gasteiger partial charge in [0.05, 0.1) is 17.2 Å².